The number of carbonyl (C=O) groups is 1. The first-order valence-corrected chi connectivity index (χ1v) is 5.21. The molecule has 1 amide bonds. The van der Waals surface area contributed by atoms with Crippen LogP contribution in [0.5, 0.6) is 0 Å². The molecular formula is C11H13N3O3. The Labute approximate surface area is 97.7 Å². The molecule has 1 aromatic rings. The Morgan fingerprint density at radius 3 is 2.53 bits per heavy atom. The number of rotatable bonds is 1. The maximum absolute atomic E-state index is 12.1. The lowest BCUT2D eigenvalue weighted by Crippen LogP contribution is -2.46. The predicted octanol–water partition coefficient (Wildman–Crippen LogP) is -0.627. The van der Waals surface area contributed by atoms with Crippen molar-refractivity contribution >= 4 is 11.6 Å². The summed E-state index contributed by atoms with van der Waals surface area (Å²) in [4.78, 5) is 11.0. The Kier molecular flexibility index (Phi) is 2.30. The molecule has 1 heterocycles. The monoisotopic (exact) mass is 235 g/mol. The number of fused-ring (bicyclic) bond motifs is 1. The van der Waals surface area contributed by atoms with Crippen molar-refractivity contribution < 1.29 is 4.79 Å². The second-order valence-corrected chi connectivity index (χ2v) is 4.44. The second-order valence-electron chi connectivity index (χ2n) is 4.44. The molecule has 0 atom stereocenters. The van der Waals surface area contributed by atoms with Crippen molar-refractivity contribution in [3.63, 3.8) is 0 Å². The minimum Gasteiger partial charge on any atom is -0.618 e. The SMILES string of the molecule is CC(=O)Nc1cccc2c1=[N+]([O-])C(C)(C)[N+]=2[O-]. The average Bonchev–Trinajstić information content (AvgIpc) is 2.41. The molecule has 0 spiro atoms. The highest BCUT2D eigenvalue weighted by Gasteiger charge is 2.43. The average molecular weight is 235 g/mol. The molecule has 1 aromatic carbocycles. The molecule has 2 rings (SSSR count). The molecule has 90 valence electrons. The van der Waals surface area contributed by atoms with Gasteiger partial charge in [0.2, 0.25) is 5.91 Å². The Morgan fingerprint density at radius 2 is 1.94 bits per heavy atom. The van der Waals surface area contributed by atoms with E-state index in [9.17, 15) is 15.2 Å². The van der Waals surface area contributed by atoms with Crippen molar-refractivity contribution in [2.75, 3.05) is 5.32 Å². The number of anilines is 1. The number of para-hydroxylation sites is 1. The van der Waals surface area contributed by atoms with Crippen LogP contribution in [0, 0.1) is 10.4 Å². The highest BCUT2D eigenvalue weighted by Crippen LogP contribution is 2.08. The van der Waals surface area contributed by atoms with Crippen molar-refractivity contribution in [3.8, 4) is 0 Å². The highest BCUT2D eigenvalue weighted by atomic mass is 16.5. The first-order chi connectivity index (χ1) is 7.85. The molecule has 1 aliphatic rings. The fourth-order valence-corrected chi connectivity index (χ4v) is 1.85. The molecule has 1 N–H and O–H groups in total. The number of nitrogens with one attached hydrogen (secondary N) is 1. The standard InChI is InChI=1S/C11H13N3O3/c1-7(15)12-8-5-4-6-9-10(8)14(17)11(2,3)13(9)16/h4-6H,1-3H3,(H,12,15). The van der Waals surface area contributed by atoms with Gasteiger partial charge in [-0.2, -0.15) is 0 Å². The van der Waals surface area contributed by atoms with Gasteiger partial charge in [0.1, 0.15) is 5.69 Å². The summed E-state index contributed by atoms with van der Waals surface area (Å²) in [5, 5.41) is 27.0. The molecule has 6 nitrogen and oxygen atoms in total. The Hall–Kier alpha value is -2.11. The summed E-state index contributed by atoms with van der Waals surface area (Å²) in [6.07, 6.45) is 0. The Balaban J connectivity index is 2.83. The fourth-order valence-electron chi connectivity index (χ4n) is 1.85. The van der Waals surface area contributed by atoms with Crippen LogP contribution in [0.3, 0.4) is 0 Å². The fraction of sp³-hybridized carbons (Fsp3) is 0.364. The van der Waals surface area contributed by atoms with Gasteiger partial charge in [-0.25, -0.2) is 0 Å². The Morgan fingerprint density at radius 1 is 1.29 bits per heavy atom. The van der Waals surface area contributed by atoms with Crippen LogP contribution in [0.15, 0.2) is 18.2 Å². The molecule has 0 unspecified atom stereocenters. The zero-order chi connectivity index (χ0) is 12.8. The zero-order valence-corrected chi connectivity index (χ0v) is 9.85. The molecule has 0 saturated heterocycles. The number of benzene rings is 1. The van der Waals surface area contributed by atoms with Crippen LogP contribution in [-0.2, 0) is 4.79 Å². The summed E-state index contributed by atoms with van der Waals surface area (Å²) in [6.45, 7) is 4.42. The summed E-state index contributed by atoms with van der Waals surface area (Å²) in [7, 11) is 0. The van der Waals surface area contributed by atoms with E-state index < -0.39 is 5.66 Å². The molecule has 0 bridgehead atoms. The summed E-state index contributed by atoms with van der Waals surface area (Å²) < 4.78 is 1.28. The zero-order valence-electron chi connectivity index (χ0n) is 9.85. The molecule has 6 heteroatoms. The number of hydrogen-bond acceptors (Lipinski definition) is 3. The van der Waals surface area contributed by atoms with E-state index in [0.29, 0.717) is 15.2 Å². The van der Waals surface area contributed by atoms with Crippen LogP contribution >= 0.6 is 0 Å². The summed E-state index contributed by atoms with van der Waals surface area (Å²) in [5.41, 5.74) is -0.840. The molecule has 1 aliphatic heterocycles. The van der Waals surface area contributed by atoms with E-state index in [-0.39, 0.29) is 16.6 Å². The van der Waals surface area contributed by atoms with Gasteiger partial charge in [-0.05, 0) is 6.07 Å². The van der Waals surface area contributed by atoms with Crippen LogP contribution in [0.25, 0.3) is 0 Å². The molecule has 0 saturated carbocycles. The van der Waals surface area contributed by atoms with Gasteiger partial charge in [0.25, 0.3) is 5.36 Å². The van der Waals surface area contributed by atoms with Crippen LogP contribution in [0.1, 0.15) is 20.8 Å². The van der Waals surface area contributed by atoms with Gasteiger partial charge in [0.15, 0.2) is 0 Å². The van der Waals surface area contributed by atoms with Crippen LogP contribution in [0.2, 0.25) is 0 Å². The number of hydrogen-bond donors (Lipinski definition) is 1. The molecular weight excluding hydrogens is 222 g/mol. The van der Waals surface area contributed by atoms with E-state index in [2.05, 4.69) is 5.32 Å². The van der Waals surface area contributed by atoms with E-state index >= 15 is 0 Å². The molecule has 0 aromatic heterocycles. The summed E-state index contributed by atoms with van der Waals surface area (Å²) in [5.74, 6) is -0.283. The predicted molar refractivity (Wildman–Crippen MR) is 63.3 cm³/mol. The lowest BCUT2D eigenvalue weighted by atomic mass is 10.3. The minimum atomic E-state index is -1.20. The van der Waals surface area contributed by atoms with Crippen molar-refractivity contribution in [1.82, 2.24) is 9.48 Å². The molecule has 0 radical (unpaired) electrons. The lowest BCUT2D eigenvalue weighted by molar-refractivity contribution is -0.114. The van der Waals surface area contributed by atoms with Crippen LogP contribution in [-0.4, -0.2) is 11.6 Å². The lowest BCUT2D eigenvalue weighted by Gasteiger charge is -2.17. The molecule has 0 fully saturated rings. The first-order valence-electron chi connectivity index (χ1n) is 5.21. The third-order valence-corrected chi connectivity index (χ3v) is 2.74. The van der Waals surface area contributed by atoms with Gasteiger partial charge in [-0.3, -0.25) is 4.79 Å². The number of nitrogens with zero attached hydrogens (tertiary/aromatic N) is 2. The second kappa shape index (κ2) is 3.44. The maximum Gasteiger partial charge on any atom is 0.366 e. The number of carbonyl (C=O) groups excluding carboxylic acids is 1. The largest absolute Gasteiger partial charge is 0.618 e. The minimum absolute atomic E-state index is 0.211. The van der Waals surface area contributed by atoms with Crippen LogP contribution in [0.4, 0.5) is 5.69 Å². The van der Waals surface area contributed by atoms with E-state index in [1.807, 2.05) is 0 Å². The van der Waals surface area contributed by atoms with Crippen LogP contribution < -0.4 is 25.5 Å². The summed E-state index contributed by atoms with van der Waals surface area (Å²) in [6, 6.07) is 4.79. The van der Waals surface area contributed by atoms with Gasteiger partial charge in [0, 0.05) is 13.0 Å². The van der Waals surface area contributed by atoms with Gasteiger partial charge < -0.3 is 15.7 Å². The van der Waals surface area contributed by atoms with Crippen molar-refractivity contribution in [3.05, 3.63) is 39.3 Å². The van der Waals surface area contributed by atoms with E-state index in [0.717, 1.165) is 0 Å². The summed E-state index contributed by atoms with van der Waals surface area (Å²) >= 11 is 0. The van der Waals surface area contributed by atoms with Gasteiger partial charge in [-0.15, -0.1) is 9.48 Å². The quantitative estimate of drug-likeness (QED) is 0.520. The van der Waals surface area contributed by atoms with E-state index in [4.69, 9.17) is 0 Å². The number of amides is 1. The normalized spacial score (nSPS) is 16.9. The van der Waals surface area contributed by atoms with Gasteiger partial charge in [-0.1, -0.05) is 6.07 Å². The number of hydroxylamine groups is 2. The Bertz CT molecular complexity index is 619. The topological polar surface area (TPSA) is 81.2 Å². The highest BCUT2D eigenvalue weighted by molar-refractivity contribution is 5.88. The van der Waals surface area contributed by atoms with E-state index in [1.165, 1.54) is 20.8 Å². The van der Waals surface area contributed by atoms with Crippen molar-refractivity contribution in [2.45, 2.75) is 26.4 Å². The van der Waals surface area contributed by atoms with Gasteiger partial charge >= 0.3 is 11.0 Å². The molecule has 17 heavy (non-hydrogen) atoms. The van der Waals surface area contributed by atoms with Crippen molar-refractivity contribution in [1.29, 1.82) is 0 Å². The maximum atomic E-state index is 12.1. The first kappa shape index (κ1) is 11.4. The third kappa shape index (κ3) is 1.52. The third-order valence-electron chi connectivity index (χ3n) is 2.74. The van der Waals surface area contributed by atoms with Gasteiger partial charge in [0.05, 0.1) is 13.8 Å². The smallest absolute Gasteiger partial charge is 0.366 e. The van der Waals surface area contributed by atoms with E-state index in [1.54, 1.807) is 18.2 Å². The molecule has 0 aliphatic carbocycles. The van der Waals surface area contributed by atoms with Crippen molar-refractivity contribution in [2.24, 2.45) is 0 Å².